The molecule has 154 valence electrons. The Bertz CT molecular complexity index is 940. The summed E-state index contributed by atoms with van der Waals surface area (Å²) in [6, 6.07) is 4.30. The second-order valence-electron chi connectivity index (χ2n) is 6.93. The van der Waals surface area contributed by atoms with E-state index in [1.165, 1.54) is 0 Å². The number of carbonyl (C=O) groups is 4. The lowest BCUT2D eigenvalue weighted by molar-refractivity contribution is -0.130. The number of rotatable bonds is 6. The van der Waals surface area contributed by atoms with Gasteiger partial charge in [-0.05, 0) is 18.1 Å². The summed E-state index contributed by atoms with van der Waals surface area (Å²) in [5.74, 6) is -2.51. The Morgan fingerprint density at radius 3 is 2.31 bits per heavy atom. The van der Waals surface area contributed by atoms with Crippen molar-refractivity contribution in [2.75, 3.05) is 6.61 Å². The highest BCUT2D eigenvalue weighted by Crippen LogP contribution is 2.19. The van der Waals surface area contributed by atoms with E-state index in [2.05, 4.69) is 20.9 Å². The van der Waals surface area contributed by atoms with E-state index in [9.17, 15) is 24.3 Å². The third-order valence-corrected chi connectivity index (χ3v) is 4.86. The van der Waals surface area contributed by atoms with Crippen LogP contribution in [0.25, 0.3) is 10.9 Å². The van der Waals surface area contributed by atoms with Crippen LogP contribution < -0.4 is 21.7 Å². The highest BCUT2D eigenvalue weighted by atomic mass is 16.3. The maximum Gasteiger partial charge on any atom is 0.245 e. The molecule has 4 amide bonds. The molecule has 1 saturated heterocycles. The summed E-state index contributed by atoms with van der Waals surface area (Å²) in [6.45, 7) is -0.631. The maximum atomic E-state index is 12.7. The van der Waals surface area contributed by atoms with Crippen LogP contribution in [0.2, 0.25) is 0 Å². The van der Waals surface area contributed by atoms with Gasteiger partial charge in [-0.2, -0.15) is 0 Å². The van der Waals surface area contributed by atoms with E-state index in [1.807, 2.05) is 24.3 Å². The molecule has 1 aromatic carbocycles. The second-order valence-corrected chi connectivity index (χ2v) is 6.93. The molecular formula is C19H23N5O5. The van der Waals surface area contributed by atoms with Crippen LogP contribution in [0.15, 0.2) is 30.5 Å². The summed E-state index contributed by atoms with van der Waals surface area (Å²) in [7, 11) is 0. The lowest BCUT2D eigenvalue weighted by atomic mass is 10.0. The number of H-pyrrole nitrogens is 1. The van der Waals surface area contributed by atoms with E-state index in [4.69, 9.17) is 5.73 Å². The number of hydrogen-bond acceptors (Lipinski definition) is 5. The molecule has 0 saturated carbocycles. The van der Waals surface area contributed by atoms with Crippen LogP contribution in [0.1, 0.15) is 18.4 Å². The highest BCUT2D eigenvalue weighted by Gasteiger charge is 2.33. The van der Waals surface area contributed by atoms with Crippen molar-refractivity contribution in [3.63, 3.8) is 0 Å². The molecule has 0 aliphatic carbocycles. The zero-order valence-corrected chi connectivity index (χ0v) is 15.6. The summed E-state index contributed by atoms with van der Waals surface area (Å²) in [5.41, 5.74) is 6.85. The lowest BCUT2D eigenvalue weighted by Crippen LogP contribution is -2.52. The number of amides is 4. The fraction of sp³-hybridized carbons (Fsp3) is 0.368. The van der Waals surface area contributed by atoms with Gasteiger partial charge < -0.3 is 31.8 Å². The van der Waals surface area contributed by atoms with Crippen LogP contribution in [0, 0.1) is 0 Å². The molecular weight excluding hydrogens is 378 g/mol. The molecule has 29 heavy (non-hydrogen) atoms. The van der Waals surface area contributed by atoms with Crippen molar-refractivity contribution in [3.8, 4) is 0 Å². The Balaban J connectivity index is 1.86. The standard InChI is InChI=1S/C19H23N5O5/c20-16(26)6-5-13-17(27)23-14(18(28)24-15(9-25)19(29)22-13)7-10-8-21-12-4-2-1-3-11(10)12/h1-4,8,13-15,21,25H,5-7,9H2,(H2,20,26)(H,22,29)(H,23,27)(H,24,28)/t13-,14-,15-/m0/s1. The van der Waals surface area contributed by atoms with E-state index in [1.54, 1.807) is 6.20 Å². The van der Waals surface area contributed by atoms with Gasteiger partial charge in [-0.25, -0.2) is 0 Å². The number of aliphatic hydroxyl groups excluding tert-OH is 1. The minimum absolute atomic E-state index is 0.0148. The molecule has 1 aliphatic heterocycles. The molecule has 2 aromatic rings. The molecule has 3 rings (SSSR count). The molecule has 1 fully saturated rings. The van der Waals surface area contributed by atoms with Gasteiger partial charge in [0.25, 0.3) is 0 Å². The minimum Gasteiger partial charge on any atom is -0.394 e. The number of fused-ring (bicyclic) bond motifs is 1. The Morgan fingerprint density at radius 1 is 0.966 bits per heavy atom. The molecule has 2 heterocycles. The van der Waals surface area contributed by atoms with Gasteiger partial charge in [0.15, 0.2) is 0 Å². The average molecular weight is 401 g/mol. The van der Waals surface area contributed by atoms with E-state index in [-0.39, 0.29) is 19.3 Å². The van der Waals surface area contributed by atoms with Crippen molar-refractivity contribution in [1.82, 2.24) is 20.9 Å². The SMILES string of the molecule is NC(=O)CC[C@@H]1NC(=O)[C@H](CO)NC(=O)[C@H](Cc2c[nH]c3ccccc23)NC1=O. The van der Waals surface area contributed by atoms with Crippen LogP contribution in [0.3, 0.4) is 0 Å². The molecule has 0 spiro atoms. The zero-order valence-electron chi connectivity index (χ0n) is 15.6. The topological polar surface area (TPSA) is 166 Å². The Labute approximate surface area is 166 Å². The van der Waals surface area contributed by atoms with Crippen molar-refractivity contribution in [1.29, 1.82) is 0 Å². The lowest BCUT2D eigenvalue weighted by Gasteiger charge is -2.20. The summed E-state index contributed by atoms with van der Waals surface area (Å²) in [6.07, 6.45) is 1.81. The number of nitrogens with two attached hydrogens (primary N) is 1. The van der Waals surface area contributed by atoms with Gasteiger partial charge in [0.1, 0.15) is 18.1 Å². The first-order chi connectivity index (χ1) is 13.9. The molecule has 10 heteroatoms. The van der Waals surface area contributed by atoms with E-state index in [0.717, 1.165) is 16.5 Å². The first kappa shape index (κ1) is 20.3. The molecule has 10 nitrogen and oxygen atoms in total. The fourth-order valence-corrected chi connectivity index (χ4v) is 3.30. The average Bonchev–Trinajstić information content (AvgIpc) is 3.11. The van der Waals surface area contributed by atoms with Gasteiger partial charge in [0.05, 0.1) is 6.61 Å². The number of para-hydroxylation sites is 1. The number of carbonyl (C=O) groups excluding carboxylic acids is 4. The molecule has 3 atom stereocenters. The number of benzene rings is 1. The monoisotopic (exact) mass is 401 g/mol. The third kappa shape index (κ3) is 4.72. The van der Waals surface area contributed by atoms with Crippen molar-refractivity contribution in [3.05, 3.63) is 36.0 Å². The first-order valence-corrected chi connectivity index (χ1v) is 9.24. The molecule has 0 bridgehead atoms. The zero-order chi connectivity index (χ0) is 21.0. The molecule has 7 N–H and O–H groups in total. The fourth-order valence-electron chi connectivity index (χ4n) is 3.30. The van der Waals surface area contributed by atoms with Gasteiger partial charge in [0.2, 0.25) is 23.6 Å². The van der Waals surface area contributed by atoms with E-state index >= 15 is 0 Å². The summed E-state index contributed by atoms with van der Waals surface area (Å²) in [4.78, 5) is 51.9. The van der Waals surface area contributed by atoms with Gasteiger partial charge in [-0.3, -0.25) is 19.2 Å². The van der Waals surface area contributed by atoms with Gasteiger partial charge >= 0.3 is 0 Å². The van der Waals surface area contributed by atoms with Crippen LogP contribution in [-0.4, -0.2) is 58.5 Å². The Hall–Kier alpha value is -3.40. The van der Waals surface area contributed by atoms with Crippen molar-refractivity contribution < 1.29 is 24.3 Å². The van der Waals surface area contributed by atoms with Crippen LogP contribution in [0.4, 0.5) is 0 Å². The van der Waals surface area contributed by atoms with Crippen molar-refractivity contribution in [2.45, 2.75) is 37.4 Å². The quantitative estimate of drug-likeness (QED) is 0.344. The number of primary amides is 1. The van der Waals surface area contributed by atoms with Crippen molar-refractivity contribution >= 4 is 34.5 Å². The maximum absolute atomic E-state index is 12.7. The van der Waals surface area contributed by atoms with Gasteiger partial charge in [-0.1, -0.05) is 18.2 Å². The number of nitrogens with one attached hydrogen (secondary N) is 4. The molecule has 1 aromatic heterocycles. The van der Waals surface area contributed by atoms with Crippen LogP contribution >= 0.6 is 0 Å². The van der Waals surface area contributed by atoms with E-state index < -0.39 is 48.4 Å². The number of hydrogen-bond donors (Lipinski definition) is 6. The smallest absolute Gasteiger partial charge is 0.245 e. The number of aromatic nitrogens is 1. The third-order valence-electron chi connectivity index (χ3n) is 4.86. The summed E-state index contributed by atoms with van der Waals surface area (Å²) in [5, 5.41) is 17.9. The van der Waals surface area contributed by atoms with Gasteiger partial charge in [-0.15, -0.1) is 0 Å². The van der Waals surface area contributed by atoms with Gasteiger partial charge in [0, 0.05) is 29.9 Å². The Morgan fingerprint density at radius 2 is 1.59 bits per heavy atom. The highest BCUT2D eigenvalue weighted by molar-refractivity contribution is 5.98. The second kappa shape index (κ2) is 8.74. The molecule has 1 aliphatic rings. The predicted molar refractivity (Wildman–Crippen MR) is 103 cm³/mol. The van der Waals surface area contributed by atoms with Crippen LogP contribution in [0.5, 0.6) is 0 Å². The van der Waals surface area contributed by atoms with Crippen molar-refractivity contribution in [2.24, 2.45) is 5.73 Å². The number of aromatic amines is 1. The van der Waals surface area contributed by atoms with E-state index in [0.29, 0.717) is 0 Å². The minimum atomic E-state index is -1.21. The number of aliphatic hydroxyl groups is 1. The summed E-state index contributed by atoms with van der Waals surface area (Å²) >= 11 is 0. The predicted octanol–water partition coefficient (Wildman–Crippen LogP) is -1.56. The Kier molecular flexibility index (Phi) is 6.13. The normalized spacial score (nSPS) is 22.8. The summed E-state index contributed by atoms with van der Waals surface area (Å²) < 4.78 is 0. The largest absolute Gasteiger partial charge is 0.394 e. The van der Waals surface area contributed by atoms with Crippen LogP contribution in [-0.2, 0) is 25.6 Å². The molecule has 0 unspecified atom stereocenters. The molecule has 0 radical (unpaired) electrons. The first-order valence-electron chi connectivity index (χ1n) is 9.24.